The van der Waals surface area contributed by atoms with E-state index in [1.807, 2.05) is 0 Å². The van der Waals surface area contributed by atoms with Crippen molar-refractivity contribution in [3.05, 3.63) is 18.3 Å². The van der Waals surface area contributed by atoms with Gasteiger partial charge in [0, 0.05) is 6.20 Å². The van der Waals surface area contributed by atoms with Gasteiger partial charge in [-0.05, 0) is 19.1 Å². The monoisotopic (exact) mass is 182 g/mol. The Morgan fingerprint density at radius 1 is 1.42 bits per heavy atom. The zero-order valence-electron chi connectivity index (χ0n) is 6.35. The molecule has 1 aromatic rings. The molecule has 4 nitrogen and oxygen atoms in total. The van der Waals surface area contributed by atoms with Gasteiger partial charge in [-0.25, -0.2) is 18.4 Å². The molecule has 5 heteroatoms. The molecule has 0 unspecified atom stereocenters. The van der Waals surface area contributed by atoms with Crippen molar-refractivity contribution in [1.82, 2.24) is 4.98 Å². The van der Waals surface area contributed by atoms with Gasteiger partial charge in [-0.3, -0.25) is 0 Å². The van der Waals surface area contributed by atoms with Crippen LogP contribution in [-0.2, 0) is 9.84 Å². The van der Waals surface area contributed by atoms with Crippen molar-refractivity contribution in [1.29, 1.82) is 0 Å². The van der Waals surface area contributed by atoms with Crippen LogP contribution in [0.25, 0.3) is 0 Å². The summed E-state index contributed by atoms with van der Waals surface area (Å²) in [5, 5.41) is 0.193. The van der Waals surface area contributed by atoms with E-state index in [0.29, 0.717) is 5.69 Å². The fourth-order valence-electron chi connectivity index (χ4n) is 1.04. The van der Waals surface area contributed by atoms with Crippen LogP contribution in [0.3, 0.4) is 0 Å². The van der Waals surface area contributed by atoms with Crippen LogP contribution in [-0.4, -0.2) is 18.4 Å². The van der Waals surface area contributed by atoms with Crippen molar-refractivity contribution < 1.29 is 8.42 Å². The van der Waals surface area contributed by atoms with Crippen molar-refractivity contribution in [2.45, 2.75) is 11.9 Å². The minimum Gasteiger partial charge on any atom is -0.242 e. The number of rotatable bonds is 0. The summed E-state index contributed by atoms with van der Waals surface area (Å²) in [5.74, 6) is 0. The fourth-order valence-corrected chi connectivity index (χ4v) is 2.13. The first kappa shape index (κ1) is 7.42. The smallest absolute Gasteiger partial charge is 0.239 e. The van der Waals surface area contributed by atoms with Crippen molar-refractivity contribution in [3.8, 4) is 0 Å². The molecule has 0 atom stereocenters. The van der Waals surface area contributed by atoms with Crippen LogP contribution in [0, 0.1) is 0 Å². The van der Waals surface area contributed by atoms with E-state index < -0.39 is 9.84 Å². The van der Waals surface area contributed by atoms with Gasteiger partial charge in [0.15, 0.2) is 5.03 Å². The molecule has 0 radical (unpaired) electrons. The first-order valence-electron chi connectivity index (χ1n) is 3.38. The molecular formula is C7H6N2O2S. The Balaban J connectivity index is 2.83. The summed E-state index contributed by atoms with van der Waals surface area (Å²) in [6.07, 6.45) is 1.45. The predicted molar refractivity (Wildman–Crippen MR) is 44.2 cm³/mol. The van der Waals surface area contributed by atoms with Gasteiger partial charge in [0.05, 0.1) is 0 Å². The SMILES string of the molecule is CC1=Nc2cccnc2S1(=O)=O. The lowest BCUT2D eigenvalue weighted by Gasteiger charge is -1.93. The first-order valence-corrected chi connectivity index (χ1v) is 4.86. The highest BCUT2D eigenvalue weighted by Crippen LogP contribution is 2.29. The number of sulfone groups is 1. The Bertz CT molecular complexity index is 462. The van der Waals surface area contributed by atoms with E-state index in [1.54, 1.807) is 12.1 Å². The van der Waals surface area contributed by atoms with Gasteiger partial charge >= 0.3 is 0 Å². The molecule has 1 aliphatic heterocycles. The summed E-state index contributed by atoms with van der Waals surface area (Å²) < 4.78 is 22.8. The lowest BCUT2D eigenvalue weighted by atomic mass is 10.4. The molecule has 0 bridgehead atoms. The van der Waals surface area contributed by atoms with E-state index in [2.05, 4.69) is 9.98 Å². The summed E-state index contributed by atoms with van der Waals surface area (Å²) in [6.45, 7) is 1.47. The summed E-state index contributed by atoms with van der Waals surface area (Å²) in [6, 6.07) is 3.30. The average molecular weight is 182 g/mol. The maximum atomic E-state index is 11.4. The molecule has 0 amide bonds. The second kappa shape index (κ2) is 2.13. The van der Waals surface area contributed by atoms with Gasteiger partial charge in [0.1, 0.15) is 10.7 Å². The minimum absolute atomic E-state index is 0.0718. The van der Waals surface area contributed by atoms with Crippen LogP contribution < -0.4 is 0 Å². The van der Waals surface area contributed by atoms with Crippen LogP contribution in [0.5, 0.6) is 0 Å². The third kappa shape index (κ3) is 0.797. The molecule has 0 N–H and O–H groups in total. The maximum Gasteiger partial charge on any atom is 0.239 e. The fraction of sp³-hybridized carbons (Fsp3) is 0.143. The molecule has 0 saturated heterocycles. The summed E-state index contributed by atoms with van der Waals surface area (Å²) in [4.78, 5) is 7.63. The number of pyridine rings is 1. The summed E-state index contributed by atoms with van der Waals surface area (Å²) >= 11 is 0. The van der Waals surface area contributed by atoms with Crippen molar-refractivity contribution in [3.63, 3.8) is 0 Å². The molecule has 0 fully saturated rings. The third-order valence-electron chi connectivity index (χ3n) is 1.67. The maximum absolute atomic E-state index is 11.4. The molecule has 1 aromatic heterocycles. The molecule has 12 heavy (non-hydrogen) atoms. The molecule has 0 saturated carbocycles. The summed E-state index contributed by atoms with van der Waals surface area (Å²) in [7, 11) is -3.35. The average Bonchev–Trinajstić information content (AvgIpc) is 2.25. The van der Waals surface area contributed by atoms with Crippen LogP contribution in [0.15, 0.2) is 28.3 Å². The van der Waals surface area contributed by atoms with Gasteiger partial charge in [0.25, 0.3) is 0 Å². The van der Waals surface area contributed by atoms with Crippen molar-refractivity contribution in [2.75, 3.05) is 0 Å². The Hall–Kier alpha value is -1.23. The number of hydrogen-bond acceptors (Lipinski definition) is 4. The van der Waals surface area contributed by atoms with Crippen LogP contribution >= 0.6 is 0 Å². The predicted octanol–water partition coefficient (Wildman–Crippen LogP) is 0.919. The van der Waals surface area contributed by atoms with Crippen molar-refractivity contribution in [2.24, 2.45) is 4.99 Å². The lowest BCUT2D eigenvalue weighted by Crippen LogP contribution is -2.07. The second-order valence-corrected chi connectivity index (χ2v) is 4.45. The Morgan fingerprint density at radius 3 is 2.83 bits per heavy atom. The molecule has 0 spiro atoms. The van der Waals surface area contributed by atoms with Crippen molar-refractivity contribution >= 4 is 20.6 Å². The molecule has 0 aromatic carbocycles. The molecule has 0 aliphatic carbocycles. The van der Waals surface area contributed by atoms with Gasteiger partial charge in [0.2, 0.25) is 9.84 Å². The van der Waals surface area contributed by atoms with E-state index in [-0.39, 0.29) is 10.1 Å². The van der Waals surface area contributed by atoms with Gasteiger partial charge in [-0.2, -0.15) is 0 Å². The summed E-state index contributed by atoms with van der Waals surface area (Å²) in [5.41, 5.74) is 0.440. The normalized spacial score (nSPS) is 18.6. The minimum atomic E-state index is -3.35. The van der Waals surface area contributed by atoms with Crippen LogP contribution in [0.4, 0.5) is 5.69 Å². The van der Waals surface area contributed by atoms with E-state index in [1.165, 1.54) is 13.1 Å². The largest absolute Gasteiger partial charge is 0.242 e. The van der Waals surface area contributed by atoms with Crippen LogP contribution in [0.2, 0.25) is 0 Å². The topological polar surface area (TPSA) is 59.4 Å². The lowest BCUT2D eigenvalue weighted by molar-refractivity contribution is 0.605. The van der Waals surface area contributed by atoms with Crippen LogP contribution in [0.1, 0.15) is 6.92 Å². The Labute approximate surface area is 69.9 Å². The quantitative estimate of drug-likeness (QED) is 0.599. The van der Waals surface area contributed by atoms with E-state index in [4.69, 9.17) is 0 Å². The number of aliphatic imine (C=N–C) groups is 1. The molecular weight excluding hydrogens is 176 g/mol. The van der Waals surface area contributed by atoms with E-state index in [0.717, 1.165) is 0 Å². The number of hydrogen-bond donors (Lipinski definition) is 0. The van der Waals surface area contributed by atoms with E-state index in [9.17, 15) is 8.42 Å². The molecule has 2 heterocycles. The van der Waals surface area contributed by atoms with E-state index >= 15 is 0 Å². The zero-order chi connectivity index (χ0) is 8.77. The Morgan fingerprint density at radius 2 is 2.17 bits per heavy atom. The molecule has 62 valence electrons. The number of aromatic nitrogens is 1. The second-order valence-electron chi connectivity index (χ2n) is 2.46. The first-order chi connectivity index (χ1) is 5.62. The highest BCUT2D eigenvalue weighted by atomic mass is 32.2. The zero-order valence-corrected chi connectivity index (χ0v) is 7.17. The van der Waals surface area contributed by atoms with Gasteiger partial charge < -0.3 is 0 Å². The highest BCUT2D eigenvalue weighted by Gasteiger charge is 2.29. The van der Waals surface area contributed by atoms with Gasteiger partial charge in [-0.15, -0.1) is 0 Å². The molecule has 2 rings (SSSR count). The standard InChI is InChI=1S/C7H6N2O2S/c1-5-9-6-3-2-4-8-7(6)12(5,10)11/h2-4H,1H3. The molecule has 1 aliphatic rings. The third-order valence-corrected chi connectivity index (χ3v) is 3.37. The van der Waals surface area contributed by atoms with Gasteiger partial charge in [-0.1, -0.05) is 0 Å². The highest BCUT2D eigenvalue weighted by molar-refractivity contribution is 8.06. The number of nitrogens with zero attached hydrogens (tertiary/aromatic N) is 2. The Kier molecular flexibility index (Phi) is 1.32. The number of fused-ring (bicyclic) bond motifs is 1.